The maximum atomic E-state index is 13.1. The number of nitrogens with zero attached hydrogens (tertiary/aromatic N) is 3. The van der Waals surface area contributed by atoms with Gasteiger partial charge in [0.25, 0.3) is 5.56 Å². The van der Waals surface area contributed by atoms with E-state index in [1.54, 1.807) is 0 Å². The van der Waals surface area contributed by atoms with E-state index in [4.69, 9.17) is 16.3 Å². The minimum atomic E-state index is -3.88. The Labute approximate surface area is 210 Å². The lowest BCUT2D eigenvalue weighted by Gasteiger charge is -2.31. The van der Waals surface area contributed by atoms with Crippen molar-refractivity contribution in [3.8, 4) is 0 Å². The summed E-state index contributed by atoms with van der Waals surface area (Å²) < 4.78 is 57.9. The van der Waals surface area contributed by atoms with Crippen LogP contribution in [0, 0.1) is 5.92 Å². The molecule has 4 rings (SSSR count). The van der Waals surface area contributed by atoms with Crippen molar-refractivity contribution in [3.63, 3.8) is 0 Å². The third-order valence-corrected chi connectivity index (χ3v) is 9.79. The molecule has 1 N–H and O–H groups in total. The van der Waals surface area contributed by atoms with Crippen LogP contribution in [-0.2, 0) is 24.6 Å². The zero-order chi connectivity index (χ0) is 25.2. The van der Waals surface area contributed by atoms with Crippen LogP contribution in [0.3, 0.4) is 0 Å². The number of benzene rings is 1. The van der Waals surface area contributed by atoms with Crippen LogP contribution < -0.4 is 10.9 Å². The average molecular weight is 545 g/mol. The van der Waals surface area contributed by atoms with E-state index in [1.165, 1.54) is 39.4 Å². The molecule has 2 saturated heterocycles. The van der Waals surface area contributed by atoms with Crippen molar-refractivity contribution in [1.82, 2.24) is 14.1 Å². The second kappa shape index (κ2) is 10.6. The average Bonchev–Trinajstić information content (AvgIpc) is 2.85. The topological polar surface area (TPSA) is 128 Å². The van der Waals surface area contributed by atoms with Gasteiger partial charge in [0.2, 0.25) is 10.0 Å². The van der Waals surface area contributed by atoms with Gasteiger partial charge in [0.1, 0.15) is 5.02 Å². The molecule has 1 aromatic carbocycles. The Morgan fingerprint density at radius 3 is 2.51 bits per heavy atom. The van der Waals surface area contributed by atoms with E-state index in [9.17, 15) is 21.6 Å². The molecule has 2 aromatic rings. The van der Waals surface area contributed by atoms with Gasteiger partial charge in [-0.15, -0.1) is 0 Å². The smallest absolute Gasteiger partial charge is 0.287 e. The molecule has 0 radical (unpaired) electrons. The van der Waals surface area contributed by atoms with Crippen molar-refractivity contribution >= 4 is 37.1 Å². The van der Waals surface area contributed by atoms with E-state index in [2.05, 4.69) is 10.4 Å². The number of piperidine rings is 1. The van der Waals surface area contributed by atoms with Gasteiger partial charge in [-0.25, -0.2) is 21.5 Å². The number of ether oxygens (including phenoxy) is 1. The largest absolute Gasteiger partial charge is 0.382 e. The summed E-state index contributed by atoms with van der Waals surface area (Å²) in [5.74, 6) is 0.353. The molecule has 192 valence electrons. The van der Waals surface area contributed by atoms with Crippen molar-refractivity contribution in [2.24, 2.45) is 5.92 Å². The van der Waals surface area contributed by atoms with Gasteiger partial charge in [-0.1, -0.05) is 17.7 Å². The summed E-state index contributed by atoms with van der Waals surface area (Å²) in [5, 5.41) is 7.56. The third-order valence-electron chi connectivity index (χ3n) is 6.42. The van der Waals surface area contributed by atoms with Crippen LogP contribution in [-0.4, -0.2) is 70.0 Å². The van der Waals surface area contributed by atoms with Crippen molar-refractivity contribution in [2.75, 3.05) is 44.4 Å². The number of sulfone groups is 1. The first-order chi connectivity index (χ1) is 16.6. The Kier molecular flexibility index (Phi) is 7.86. The van der Waals surface area contributed by atoms with Crippen LogP contribution in [0.15, 0.2) is 45.0 Å². The number of sulfonamides is 1. The van der Waals surface area contributed by atoms with Crippen LogP contribution in [0.4, 0.5) is 5.69 Å². The summed E-state index contributed by atoms with van der Waals surface area (Å²) in [6, 6.07) is 5.04. The molecule has 10 nitrogen and oxygen atoms in total. The van der Waals surface area contributed by atoms with E-state index in [0.717, 1.165) is 25.7 Å². The quantitative estimate of drug-likeness (QED) is 0.561. The fourth-order valence-corrected chi connectivity index (χ4v) is 6.85. The van der Waals surface area contributed by atoms with Crippen molar-refractivity contribution in [3.05, 3.63) is 45.8 Å². The molecule has 2 aliphatic rings. The first-order valence-corrected chi connectivity index (χ1v) is 15.2. The molecule has 0 unspecified atom stereocenters. The summed E-state index contributed by atoms with van der Waals surface area (Å²) >= 11 is 6.35. The van der Waals surface area contributed by atoms with E-state index in [-0.39, 0.29) is 33.9 Å². The Hall–Kier alpha value is -1.99. The number of nitrogens with one attached hydrogen (secondary N) is 1. The van der Waals surface area contributed by atoms with Crippen molar-refractivity contribution in [2.45, 2.75) is 41.5 Å². The fraction of sp³-hybridized carbons (Fsp3) is 0.545. The Bertz CT molecular complexity index is 1330. The highest BCUT2D eigenvalue weighted by Crippen LogP contribution is 2.28. The van der Waals surface area contributed by atoms with Gasteiger partial charge >= 0.3 is 0 Å². The minimum absolute atomic E-state index is 0.0523. The summed E-state index contributed by atoms with van der Waals surface area (Å²) in [5.41, 5.74) is 0.0583. The predicted molar refractivity (Wildman–Crippen MR) is 132 cm³/mol. The number of rotatable bonds is 7. The van der Waals surface area contributed by atoms with Gasteiger partial charge in [0.05, 0.1) is 34.3 Å². The van der Waals surface area contributed by atoms with E-state index in [0.29, 0.717) is 37.6 Å². The monoisotopic (exact) mass is 544 g/mol. The standard InChI is InChI=1S/C22H29ClN4O6S2/c1-34(29,30)18-5-2-6-19(12-18)35(31,32)26-9-7-17(8-10-26)27-22(28)21(23)20(14-25-27)24-13-16-4-3-11-33-15-16/h2,5-6,12,14,16-17,24H,3-4,7-11,13,15H2,1H3/t16-/m1/s1. The van der Waals surface area contributed by atoms with Crippen LogP contribution in [0.5, 0.6) is 0 Å². The van der Waals surface area contributed by atoms with Gasteiger partial charge in [-0.3, -0.25) is 4.79 Å². The minimum Gasteiger partial charge on any atom is -0.382 e. The molecule has 0 spiro atoms. The summed E-state index contributed by atoms with van der Waals surface area (Å²) in [6.45, 7) is 2.44. The van der Waals surface area contributed by atoms with Crippen LogP contribution in [0.1, 0.15) is 31.7 Å². The molecule has 35 heavy (non-hydrogen) atoms. The van der Waals surface area contributed by atoms with Gasteiger partial charge in [-0.05, 0) is 49.8 Å². The van der Waals surface area contributed by atoms with Gasteiger partial charge < -0.3 is 10.1 Å². The SMILES string of the molecule is CS(=O)(=O)c1cccc(S(=O)(=O)N2CCC(n3ncc(NC[C@H]4CCCOC4)c(Cl)c3=O)CC2)c1. The van der Waals surface area contributed by atoms with Crippen LogP contribution in [0.2, 0.25) is 5.02 Å². The highest BCUT2D eigenvalue weighted by atomic mass is 35.5. The summed E-state index contributed by atoms with van der Waals surface area (Å²) in [4.78, 5) is 12.8. The second-order valence-electron chi connectivity index (χ2n) is 8.97. The second-order valence-corrected chi connectivity index (χ2v) is 13.3. The molecule has 0 saturated carbocycles. The van der Waals surface area contributed by atoms with E-state index >= 15 is 0 Å². The maximum Gasteiger partial charge on any atom is 0.287 e. The predicted octanol–water partition coefficient (Wildman–Crippen LogP) is 2.16. The molecule has 13 heteroatoms. The molecular formula is C22H29ClN4O6S2. The van der Waals surface area contributed by atoms with E-state index < -0.39 is 25.4 Å². The first-order valence-electron chi connectivity index (χ1n) is 11.5. The lowest BCUT2D eigenvalue weighted by atomic mass is 10.0. The normalized spacial score (nSPS) is 20.6. The van der Waals surface area contributed by atoms with Crippen molar-refractivity contribution < 1.29 is 21.6 Å². The first kappa shape index (κ1) is 26.1. The zero-order valence-electron chi connectivity index (χ0n) is 19.4. The van der Waals surface area contributed by atoms with Gasteiger partial charge in [-0.2, -0.15) is 9.40 Å². The molecule has 1 atom stereocenters. The number of halogens is 1. The van der Waals surface area contributed by atoms with Crippen LogP contribution >= 0.6 is 11.6 Å². The Morgan fingerprint density at radius 1 is 1.14 bits per heavy atom. The highest BCUT2D eigenvalue weighted by molar-refractivity contribution is 7.91. The number of hydrogen-bond donors (Lipinski definition) is 1. The van der Waals surface area contributed by atoms with Gasteiger partial charge in [0.15, 0.2) is 9.84 Å². The molecular weight excluding hydrogens is 516 g/mol. The summed E-state index contributed by atoms with van der Waals surface area (Å²) in [7, 11) is -7.42. The Morgan fingerprint density at radius 2 is 1.86 bits per heavy atom. The summed E-state index contributed by atoms with van der Waals surface area (Å²) in [6.07, 6.45) is 5.38. The van der Waals surface area contributed by atoms with Crippen LogP contribution in [0.25, 0.3) is 0 Å². The van der Waals surface area contributed by atoms with Crippen molar-refractivity contribution in [1.29, 1.82) is 0 Å². The zero-order valence-corrected chi connectivity index (χ0v) is 21.8. The molecule has 0 amide bonds. The molecule has 0 aliphatic carbocycles. The number of aromatic nitrogens is 2. The maximum absolute atomic E-state index is 13.1. The number of anilines is 1. The highest BCUT2D eigenvalue weighted by Gasteiger charge is 2.31. The Balaban J connectivity index is 1.43. The lowest BCUT2D eigenvalue weighted by molar-refractivity contribution is 0.0595. The molecule has 3 heterocycles. The molecule has 0 bridgehead atoms. The fourth-order valence-electron chi connectivity index (χ4n) is 4.39. The molecule has 2 aliphatic heterocycles. The number of hydrogen-bond acceptors (Lipinski definition) is 8. The molecule has 1 aromatic heterocycles. The third kappa shape index (κ3) is 5.88. The van der Waals surface area contributed by atoms with E-state index in [1.807, 2.05) is 0 Å². The molecule has 2 fully saturated rings. The lowest BCUT2D eigenvalue weighted by Crippen LogP contribution is -2.41. The van der Waals surface area contributed by atoms with Gasteiger partial charge in [0, 0.05) is 32.5 Å².